The summed E-state index contributed by atoms with van der Waals surface area (Å²) in [4.78, 5) is 16.0. The highest BCUT2D eigenvalue weighted by Gasteiger charge is 2.19. The van der Waals surface area contributed by atoms with Crippen molar-refractivity contribution in [3.05, 3.63) is 59.9 Å². The van der Waals surface area contributed by atoms with Crippen molar-refractivity contribution in [2.45, 2.75) is 26.0 Å². The number of halogens is 2. The molecule has 0 spiro atoms. The van der Waals surface area contributed by atoms with Crippen molar-refractivity contribution in [1.29, 1.82) is 0 Å². The molecule has 1 aromatic carbocycles. The number of aromatic nitrogens is 1. The zero-order chi connectivity index (χ0) is 15.9. The number of pyridine rings is 1. The Balaban J connectivity index is 2.20. The Labute approximate surface area is 127 Å². The van der Waals surface area contributed by atoms with Crippen LogP contribution in [0.5, 0.6) is 5.75 Å². The molecule has 0 saturated carbocycles. The summed E-state index contributed by atoms with van der Waals surface area (Å²) in [6.07, 6.45) is 3.58. The van der Waals surface area contributed by atoms with Crippen LogP contribution >= 0.6 is 0 Å². The maximum Gasteiger partial charge on any atom is 0.387 e. The van der Waals surface area contributed by atoms with Gasteiger partial charge in [0.1, 0.15) is 5.75 Å². The lowest BCUT2D eigenvalue weighted by molar-refractivity contribution is -0.0506. The number of carbonyl (C=O) groups excluding carboxylic acids is 1. The minimum absolute atomic E-state index is 0.0689. The third kappa shape index (κ3) is 4.00. The van der Waals surface area contributed by atoms with E-state index in [2.05, 4.69) is 15.0 Å². The molecule has 6 heteroatoms. The summed E-state index contributed by atoms with van der Waals surface area (Å²) in [5, 5.41) is 2.82. The van der Waals surface area contributed by atoms with Crippen molar-refractivity contribution in [2.75, 3.05) is 0 Å². The summed E-state index contributed by atoms with van der Waals surface area (Å²) < 4.78 is 29.5. The van der Waals surface area contributed by atoms with Gasteiger partial charge in [-0.15, -0.1) is 0 Å². The number of alkyl halides is 2. The van der Waals surface area contributed by atoms with Crippen molar-refractivity contribution in [3.8, 4) is 5.75 Å². The molecule has 0 bridgehead atoms. The van der Waals surface area contributed by atoms with Crippen LogP contribution in [0.4, 0.5) is 8.78 Å². The number of benzene rings is 1. The van der Waals surface area contributed by atoms with E-state index < -0.39 is 12.7 Å². The fraction of sp³-hybridized carbons (Fsp3) is 0.250. The number of hydrogen-bond donors (Lipinski definition) is 1. The van der Waals surface area contributed by atoms with E-state index in [9.17, 15) is 13.6 Å². The third-order valence-corrected chi connectivity index (χ3v) is 3.17. The molecule has 0 aliphatic rings. The normalized spacial score (nSPS) is 12.0. The zero-order valence-electron chi connectivity index (χ0n) is 12.0. The van der Waals surface area contributed by atoms with Crippen LogP contribution in [0.1, 0.15) is 35.3 Å². The molecule has 2 rings (SSSR count). The molecule has 1 heterocycles. The summed E-state index contributed by atoms with van der Waals surface area (Å²) in [6.45, 7) is -1.05. The van der Waals surface area contributed by atoms with Crippen LogP contribution in [0.15, 0.2) is 48.8 Å². The lowest BCUT2D eigenvalue weighted by Gasteiger charge is -2.20. The van der Waals surface area contributed by atoms with Crippen molar-refractivity contribution in [3.63, 3.8) is 0 Å². The molecule has 0 aliphatic carbocycles. The van der Waals surface area contributed by atoms with Crippen molar-refractivity contribution in [2.24, 2.45) is 0 Å². The van der Waals surface area contributed by atoms with Crippen LogP contribution < -0.4 is 10.1 Å². The van der Waals surface area contributed by atoms with Crippen molar-refractivity contribution in [1.82, 2.24) is 10.3 Å². The molecule has 1 atom stereocenters. The van der Waals surface area contributed by atoms with Gasteiger partial charge in [0.05, 0.1) is 6.04 Å². The minimum atomic E-state index is -2.91. The predicted molar refractivity (Wildman–Crippen MR) is 77.8 cm³/mol. The Bertz CT molecular complexity index is 621. The number of amides is 1. The second-order valence-corrected chi connectivity index (χ2v) is 4.59. The number of nitrogens with one attached hydrogen (secondary N) is 1. The van der Waals surface area contributed by atoms with E-state index in [1.807, 2.05) is 6.92 Å². The smallest absolute Gasteiger partial charge is 0.387 e. The number of nitrogens with zero attached hydrogens (tertiary/aromatic N) is 1. The van der Waals surface area contributed by atoms with E-state index in [1.54, 1.807) is 30.3 Å². The highest BCUT2D eigenvalue weighted by molar-refractivity contribution is 5.94. The molecular formula is C16H16F2N2O2. The topological polar surface area (TPSA) is 51.2 Å². The summed E-state index contributed by atoms with van der Waals surface area (Å²) >= 11 is 0. The van der Waals surface area contributed by atoms with E-state index >= 15 is 0 Å². The van der Waals surface area contributed by atoms with Crippen LogP contribution in [0.2, 0.25) is 0 Å². The summed E-state index contributed by atoms with van der Waals surface area (Å²) in [7, 11) is 0. The van der Waals surface area contributed by atoms with Crippen LogP contribution in [0.25, 0.3) is 0 Å². The third-order valence-electron chi connectivity index (χ3n) is 3.17. The molecule has 22 heavy (non-hydrogen) atoms. The molecule has 0 radical (unpaired) electrons. The molecule has 1 unspecified atom stereocenters. The molecule has 0 saturated heterocycles. The van der Waals surface area contributed by atoms with Crippen LogP contribution in [0, 0.1) is 0 Å². The number of hydrogen-bond acceptors (Lipinski definition) is 3. The molecule has 1 aromatic heterocycles. The van der Waals surface area contributed by atoms with Gasteiger partial charge in [-0.3, -0.25) is 9.78 Å². The SMILES string of the molecule is CCC(NC(=O)c1ccncc1)c1ccccc1OC(F)F. The van der Waals surface area contributed by atoms with E-state index in [0.29, 0.717) is 17.5 Å². The van der Waals surface area contributed by atoms with Gasteiger partial charge in [0.25, 0.3) is 5.91 Å². The summed E-state index contributed by atoms with van der Waals surface area (Å²) in [6, 6.07) is 9.21. The Kier molecular flexibility index (Phi) is 5.41. The Hall–Kier alpha value is -2.50. The van der Waals surface area contributed by atoms with Crippen molar-refractivity contribution < 1.29 is 18.3 Å². The number of rotatable bonds is 6. The molecule has 1 amide bonds. The number of ether oxygens (including phenoxy) is 1. The predicted octanol–water partition coefficient (Wildman–Crippen LogP) is 3.56. The van der Waals surface area contributed by atoms with E-state index in [0.717, 1.165) is 0 Å². The van der Waals surface area contributed by atoms with Gasteiger partial charge in [-0.1, -0.05) is 25.1 Å². The lowest BCUT2D eigenvalue weighted by Crippen LogP contribution is -2.28. The molecule has 2 aromatic rings. The van der Waals surface area contributed by atoms with Gasteiger partial charge in [0.2, 0.25) is 0 Å². The Morgan fingerprint density at radius 1 is 1.23 bits per heavy atom. The first-order valence-electron chi connectivity index (χ1n) is 6.86. The number of carbonyl (C=O) groups is 1. The maximum absolute atomic E-state index is 12.5. The van der Waals surface area contributed by atoms with Gasteiger partial charge < -0.3 is 10.1 Å². The quantitative estimate of drug-likeness (QED) is 0.887. The van der Waals surface area contributed by atoms with E-state index in [4.69, 9.17) is 0 Å². The maximum atomic E-state index is 12.5. The second kappa shape index (κ2) is 7.49. The monoisotopic (exact) mass is 306 g/mol. The average Bonchev–Trinajstić information content (AvgIpc) is 2.53. The highest BCUT2D eigenvalue weighted by Crippen LogP contribution is 2.28. The highest BCUT2D eigenvalue weighted by atomic mass is 19.3. The second-order valence-electron chi connectivity index (χ2n) is 4.59. The molecular weight excluding hydrogens is 290 g/mol. The summed E-state index contributed by atoms with van der Waals surface area (Å²) in [5.41, 5.74) is 0.980. The van der Waals surface area contributed by atoms with Gasteiger partial charge >= 0.3 is 6.61 Å². The summed E-state index contributed by atoms with van der Waals surface area (Å²) in [5.74, 6) is -0.222. The van der Waals surface area contributed by atoms with Gasteiger partial charge in [0, 0.05) is 23.5 Å². The Morgan fingerprint density at radius 3 is 2.55 bits per heavy atom. The van der Waals surface area contributed by atoms with Gasteiger partial charge in [-0.2, -0.15) is 8.78 Å². The van der Waals surface area contributed by atoms with E-state index in [-0.39, 0.29) is 11.7 Å². The average molecular weight is 306 g/mol. The largest absolute Gasteiger partial charge is 0.434 e. The van der Waals surface area contributed by atoms with Crippen LogP contribution in [-0.4, -0.2) is 17.5 Å². The van der Waals surface area contributed by atoms with Gasteiger partial charge in [0.15, 0.2) is 0 Å². The van der Waals surface area contributed by atoms with Crippen LogP contribution in [0.3, 0.4) is 0 Å². The minimum Gasteiger partial charge on any atom is -0.434 e. The first-order valence-corrected chi connectivity index (χ1v) is 6.86. The van der Waals surface area contributed by atoms with Crippen LogP contribution in [-0.2, 0) is 0 Å². The van der Waals surface area contributed by atoms with Gasteiger partial charge in [-0.05, 0) is 24.6 Å². The molecule has 1 N–H and O–H groups in total. The van der Waals surface area contributed by atoms with E-state index in [1.165, 1.54) is 18.5 Å². The molecule has 0 aliphatic heterocycles. The Morgan fingerprint density at radius 2 is 1.91 bits per heavy atom. The first kappa shape index (κ1) is 15.9. The molecule has 0 fully saturated rings. The molecule has 4 nitrogen and oxygen atoms in total. The lowest BCUT2D eigenvalue weighted by atomic mass is 10.0. The molecule has 116 valence electrons. The fourth-order valence-electron chi connectivity index (χ4n) is 2.12. The standard InChI is InChI=1S/C16H16F2N2O2/c1-2-13(20-15(21)11-7-9-19-10-8-11)12-5-3-4-6-14(12)22-16(17)18/h3-10,13,16H,2H2,1H3,(H,20,21). The van der Waals surface area contributed by atoms with Gasteiger partial charge in [-0.25, -0.2) is 0 Å². The zero-order valence-corrected chi connectivity index (χ0v) is 12.0. The first-order chi connectivity index (χ1) is 10.6. The fourth-order valence-corrected chi connectivity index (χ4v) is 2.12. The van der Waals surface area contributed by atoms with Crippen molar-refractivity contribution >= 4 is 5.91 Å². The number of para-hydroxylation sites is 1.